The maximum Gasteiger partial charge on any atom is 0.165 e. The van der Waals surface area contributed by atoms with E-state index in [4.69, 9.17) is 28.1 Å². The van der Waals surface area contributed by atoms with Gasteiger partial charge in [-0.25, -0.2) is 33.7 Å². The number of nitrogen functional groups attached to an aromatic ring is 1. The second-order valence-electron chi connectivity index (χ2n) is 10.0. The fourth-order valence-corrected chi connectivity index (χ4v) is 5.88. The highest BCUT2D eigenvalue weighted by Crippen LogP contribution is 2.46. The molecule has 0 unspecified atom stereocenters. The average Bonchev–Trinajstić information content (AvgIpc) is 3.31. The van der Waals surface area contributed by atoms with Crippen molar-refractivity contribution in [3.05, 3.63) is 77.1 Å². The summed E-state index contributed by atoms with van der Waals surface area (Å²) in [5, 5.41) is 0.346. The quantitative estimate of drug-likeness (QED) is 0.322. The predicted octanol–water partition coefficient (Wildman–Crippen LogP) is 4.28. The number of benzene rings is 1. The number of nitrogens with zero attached hydrogens (tertiary/aromatic N) is 7. The number of piperidine rings is 1. The summed E-state index contributed by atoms with van der Waals surface area (Å²) in [4.78, 5) is 24.7. The normalized spacial score (nSPS) is 18.1. The van der Waals surface area contributed by atoms with Gasteiger partial charge in [-0.3, -0.25) is 0 Å². The van der Waals surface area contributed by atoms with Crippen molar-refractivity contribution in [2.75, 3.05) is 23.7 Å². The van der Waals surface area contributed by atoms with Gasteiger partial charge in [-0.1, -0.05) is 11.6 Å². The van der Waals surface area contributed by atoms with Gasteiger partial charge in [-0.15, -0.1) is 0 Å². The third-order valence-corrected chi connectivity index (χ3v) is 7.70. The Hall–Kier alpha value is -4.22. The van der Waals surface area contributed by atoms with Gasteiger partial charge in [0, 0.05) is 24.2 Å². The van der Waals surface area contributed by atoms with Crippen LogP contribution in [0.5, 0.6) is 0 Å². The Kier molecular flexibility index (Phi) is 5.29. The summed E-state index contributed by atoms with van der Waals surface area (Å²) in [6, 6.07) is 9.25. The highest BCUT2D eigenvalue weighted by atomic mass is 35.5. The summed E-state index contributed by atoms with van der Waals surface area (Å²) in [5.41, 5.74) is 18.1. The van der Waals surface area contributed by atoms with Crippen molar-refractivity contribution in [2.24, 2.45) is 5.73 Å². The molecule has 1 atom stereocenters. The van der Waals surface area contributed by atoms with Crippen LogP contribution in [0.2, 0.25) is 5.15 Å². The van der Waals surface area contributed by atoms with Gasteiger partial charge in [-0.2, -0.15) is 0 Å². The molecule has 4 N–H and O–H groups in total. The van der Waals surface area contributed by atoms with Crippen molar-refractivity contribution in [2.45, 2.75) is 24.9 Å². The maximum atomic E-state index is 14.3. The molecule has 4 aromatic heterocycles. The molecule has 0 aliphatic carbocycles. The van der Waals surface area contributed by atoms with Gasteiger partial charge in [0.1, 0.15) is 17.0 Å². The first kappa shape index (κ1) is 23.9. The second-order valence-corrected chi connectivity index (χ2v) is 10.4. The number of hydrogen-bond donors (Lipinski definition) is 2. The molecule has 1 aromatic carbocycles. The fourth-order valence-electron chi connectivity index (χ4n) is 5.73. The van der Waals surface area contributed by atoms with E-state index in [0.717, 1.165) is 48.3 Å². The Bertz CT molecular complexity index is 1790. The van der Waals surface area contributed by atoms with Crippen LogP contribution < -0.4 is 16.4 Å². The van der Waals surface area contributed by atoms with Gasteiger partial charge >= 0.3 is 0 Å². The number of hydrogen-bond acceptors (Lipinski definition) is 8. The van der Waals surface area contributed by atoms with Gasteiger partial charge in [0.2, 0.25) is 0 Å². The molecule has 0 spiro atoms. The van der Waals surface area contributed by atoms with Crippen LogP contribution in [-0.2, 0) is 12.1 Å². The highest BCUT2D eigenvalue weighted by molar-refractivity contribution is 6.29. The van der Waals surface area contributed by atoms with Gasteiger partial charge in [0.25, 0.3) is 0 Å². The summed E-state index contributed by atoms with van der Waals surface area (Å²) in [7, 11) is 0. The van der Waals surface area contributed by atoms with E-state index in [-0.39, 0.29) is 5.82 Å². The number of fused-ring (bicyclic) bond motifs is 8. The summed E-state index contributed by atoms with van der Waals surface area (Å²) < 4.78 is 30.0. The molecule has 2 aliphatic rings. The summed E-state index contributed by atoms with van der Waals surface area (Å²) >= 11 is 6.34. The van der Waals surface area contributed by atoms with Crippen LogP contribution in [0.25, 0.3) is 33.7 Å². The third-order valence-electron chi connectivity index (χ3n) is 7.49. The first-order valence-corrected chi connectivity index (χ1v) is 12.8. The molecule has 9 nitrogen and oxygen atoms in total. The van der Waals surface area contributed by atoms with E-state index in [1.807, 2.05) is 16.7 Å². The van der Waals surface area contributed by atoms with E-state index >= 15 is 0 Å². The van der Waals surface area contributed by atoms with Crippen LogP contribution >= 0.6 is 11.6 Å². The molecule has 2 aliphatic heterocycles. The Labute approximate surface area is 226 Å². The number of halogens is 3. The van der Waals surface area contributed by atoms with Crippen LogP contribution in [0.1, 0.15) is 24.1 Å². The molecule has 1 saturated heterocycles. The molecule has 39 heavy (non-hydrogen) atoms. The molecule has 1 fully saturated rings. The van der Waals surface area contributed by atoms with E-state index in [2.05, 4.69) is 24.8 Å². The zero-order chi connectivity index (χ0) is 26.9. The van der Waals surface area contributed by atoms with E-state index in [0.29, 0.717) is 52.1 Å². The van der Waals surface area contributed by atoms with Gasteiger partial charge in [0.05, 0.1) is 41.2 Å². The number of anilines is 2. The molecule has 5 aromatic rings. The van der Waals surface area contributed by atoms with Crippen molar-refractivity contribution in [3.8, 4) is 22.5 Å². The van der Waals surface area contributed by atoms with E-state index in [1.165, 1.54) is 12.4 Å². The molecule has 196 valence electrons. The lowest BCUT2D eigenvalue weighted by atomic mass is 9.85. The van der Waals surface area contributed by atoms with Gasteiger partial charge in [0.15, 0.2) is 23.1 Å². The molecular weight excluding hydrogens is 524 g/mol. The average molecular weight is 546 g/mol. The minimum Gasteiger partial charge on any atom is -0.382 e. The van der Waals surface area contributed by atoms with E-state index < -0.39 is 17.2 Å². The fraction of sp³-hybridized carbons (Fsp3) is 0.222. The van der Waals surface area contributed by atoms with Crippen molar-refractivity contribution in [3.63, 3.8) is 0 Å². The summed E-state index contributed by atoms with van der Waals surface area (Å²) in [5.74, 6) is -1.59. The Morgan fingerprint density at radius 2 is 1.90 bits per heavy atom. The second kappa shape index (κ2) is 8.65. The van der Waals surface area contributed by atoms with Crippen molar-refractivity contribution < 1.29 is 8.78 Å². The smallest absolute Gasteiger partial charge is 0.165 e. The highest BCUT2D eigenvalue weighted by Gasteiger charge is 2.42. The van der Waals surface area contributed by atoms with E-state index in [9.17, 15) is 8.78 Å². The number of imidazole rings is 1. The molecular formula is C27H22ClF2N9. The van der Waals surface area contributed by atoms with Crippen LogP contribution in [0.3, 0.4) is 0 Å². The van der Waals surface area contributed by atoms with Crippen LogP contribution in [0, 0.1) is 11.6 Å². The molecule has 7 rings (SSSR count). The summed E-state index contributed by atoms with van der Waals surface area (Å²) in [6.45, 7) is 1.66. The monoisotopic (exact) mass is 545 g/mol. The van der Waals surface area contributed by atoms with Crippen LogP contribution in [-0.4, -0.2) is 42.6 Å². The van der Waals surface area contributed by atoms with Crippen molar-refractivity contribution >= 4 is 34.3 Å². The number of nitrogens with two attached hydrogens (primary N) is 2. The van der Waals surface area contributed by atoms with Crippen LogP contribution in [0.4, 0.5) is 20.3 Å². The van der Waals surface area contributed by atoms with Crippen LogP contribution in [0.15, 0.2) is 49.1 Å². The maximum absolute atomic E-state index is 14.3. The van der Waals surface area contributed by atoms with E-state index in [1.54, 1.807) is 12.4 Å². The largest absolute Gasteiger partial charge is 0.382 e. The Morgan fingerprint density at radius 3 is 2.74 bits per heavy atom. The molecule has 0 radical (unpaired) electrons. The molecule has 0 amide bonds. The lowest BCUT2D eigenvalue weighted by Crippen LogP contribution is -2.52. The molecule has 6 heterocycles. The van der Waals surface area contributed by atoms with Crippen molar-refractivity contribution in [1.29, 1.82) is 0 Å². The SMILES string of the molecule is Nc1ncnc2c1ncn2Cc1cc(-c2ccc(F)c(F)c2)nc2c1N1CCC[C@@](N)(C1)c1nc(Cl)ccc1-2. The molecule has 2 bridgehead atoms. The van der Waals surface area contributed by atoms with Gasteiger partial charge in [-0.05, 0) is 54.8 Å². The van der Waals surface area contributed by atoms with Gasteiger partial charge < -0.3 is 20.9 Å². The minimum absolute atomic E-state index is 0.288. The molecule has 0 saturated carbocycles. The lowest BCUT2D eigenvalue weighted by molar-refractivity contribution is 0.349. The number of rotatable bonds is 3. The predicted molar refractivity (Wildman–Crippen MR) is 144 cm³/mol. The Morgan fingerprint density at radius 1 is 1.03 bits per heavy atom. The zero-order valence-corrected chi connectivity index (χ0v) is 21.3. The first-order chi connectivity index (χ1) is 18.8. The Balaban J connectivity index is 1.51. The summed E-state index contributed by atoms with van der Waals surface area (Å²) in [6.07, 6.45) is 4.65. The minimum atomic E-state index is -0.951. The topological polar surface area (TPSA) is 125 Å². The third kappa shape index (κ3) is 3.80. The zero-order valence-electron chi connectivity index (χ0n) is 20.6. The molecule has 12 heteroatoms. The number of aromatic nitrogens is 6. The first-order valence-electron chi connectivity index (χ1n) is 12.4. The lowest BCUT2D eigenvalue weighted by Gasteiger charge is -2.40. The number of pyridine rings is 2. The standard InChI is InChI=1S/C27H22ClF2N9/c28-20-5-3-16-21-23(38-7-1-6-27(32,11-38)24(16)37-20)15(9-19(36-21)14-2-4-17(29)18(30)8-14)10-39-13-35-22-25(31)33-12-34-26(22)39/h2-5,8-9,12-13H,1,6-7,10-11,32H2,(H2,31,33,34)/t27-/m1/s1. The van der Waals surface area contributed by atoms with Crippen molar-refractivity contribution in [1.82, 2.24) is 29.5 Å².